The third kappa shape index (κ3) is 1.85. The first-order chi connectivity index (χ1) is 8.54. The van der Waals surface area contributed by atoms with Crippen molar-refractivity contribution in [3.8, 4) is 0 Å². The lowest BCUT2D eigenvalue weighted by Crippen LogP contribution is -2.61. The van der Waals surface area contributed by atoms with Gasteiger partial charge in [-0.25, -0.2) is 0 Å². The molecule has 5 heteroatoms. The summed E-state index contributed by atoms with van der Waals surface area (Å²) < 4.78 is 5.17. The Labute approximate surface area is 107 Å². The number of ether oxygens (including phenoxy) is 1. The van der Waals surface area contributed by atoms with Gasteiger partial charge in [0.2, 0.25) is 5.54 Å². The van der Waals surface area contributed by atoms with Crippen molar-refractivity contribution in [2.24, 2.45) is 17.8 Å². The average molecular weight is 255 g/mol. The van der Waals surface area contributed by atoms with Gasteiger partial charge >= 0.3 is 0 Å². The minimum Gasteiger partial charge on any atom is -0.384 e. The van der Waals surface area contributed by atoms with E-state index in [4.69, 9.17) is 4.74 Å². The molecule has 0 unspecified atom stereocenters. The van der Waals surface area contributed by atoms with Crippen molar-refractivity contribution in [2.45, 2.75) is 44.6 Å². The summed E-state index contributed by atoms with van der Waals surface area (Å²) in [6.07, 6.45) is 3.67. The molecule has 0 aliphatic heterocycles. The summed E-state index contributed by atoms with van der Waals surface area (Å²) in [5.74, 6) is -0.458. The minimum atomic E-state index is -0.929. The maximum absolute atomic E-state index is 12.0. The molecule has 0 saturated heterocycles. The Morgan fingerprint density at radius 3 is 2.83 bits per heavy atom. The van der Waals surface area contributed by atoms with Crippen molar-refractivity contribution in [3.05, 3.63) is 10.1 Å². The van der Waals surface area contributed by atoms with Crippen molar-refractivity contribution in [1.29, 1.82) is 0 Å². The Morgan fingerprint density at radius 2 is 2.22 bits per heavy atom. The molecule has 2 fully saturated rings. The third-order valence-electron chi connectivity index (χ3n) is 4.97. The highest BCUT2D eigenvalue weighted by atomic mass is 16.6. The first kappa shape index (κ1) is 13.5. The van der Waals surface area contributed by atoms with E-state index in [-0.39, 0.29) is 28.5 Å². The second-order valence-electron chi connectivity index (χ2n) is 5.71. The van der Waals surface area contributed by atoms with Gasteiger partial charge in [-0.15, -0.1) is 0 Å². The Hall–Kier alpha value is -0.970. The molecule has 2 aliphatic carbocycles. The maximum atomic E-state index is 12.0. The first-order valence-corrected chi connectivity index (χ1v) is 6.70. The lowest BCUT2D eigenvalue weighted by Gasteiger charge is -2.47. The van der Waals surface area contributed by atoms with Gasteiger partial charge in [0.15, 0.2) is 0 Å². The van der Waals surface area contributed by atoms with Gasteiger partial charge in [-0.05, 0) is 12.8 Å². The molecule has 0 heterocycles. The van der Waals surface area contributed by atoms with Crippen molar-refractivity contribution < 1.29 is 14.5 Å². The molecule has 102 valence electrons. The fourth-order valence-electron chi connectivity index (χ4n) is 3.95. The number of rotatable bonds is 3. The Balaban J connectivity index is 2.40. The van der Waals surface area contributed by atoms with Gasteiger partial charge in [0.25, 0.3) is 0 Å². The molecule has 0 aromatic carbocycles. The summed E-state index contributed by atoms with van der Waals surface area (Å²) in [6, 6.07) is 0. The van der Waals surface area contributed by atoms with Crippen LogP contribution >= 0.6 is 0 Å². The molecule has 0 aromatic rings. The van der Waals surface area contributed by atoms with E-state index in [0.29, 0.717) is 19.4 Å². The highest BCUT2D eigenvalue weighted by molar-refractivity contribution is 5.82. The van der Waals surface area contributed by atoms with Crippen molar-refractivity contribution in [1.82, 2.24) is 0 Å². The highest BCUT2D eigenvalue weighted by Gasteiger charge is 2.62. The molecular formula is C13H21NO4. The summed E-state index contributed by atoms with van der Waals surface area (Å²) in [4.78, 5) is 23.6. The number of nitrogens with zero attached hydrogens (tertiary/aromatic N) is 1. The van der Waals surface area contributed by atoms with Crippen LogP contribution in [0, 0.1) is 27.9 Å². The van der Waals surface area contributed by atoms with Gasteiger partial charge in [0.05, 0.1) is 12.5 Å². The van der Waals surface area contributed by atoms with Gasteiger partial charge in [0.1, 0.15) is 5.78 Å². The molecule has 0 N–H and O–H groups in total. The Morgan fingerprint density at radius 1 is 1.50 bits per heavy atom. The number of hydrogen-bond acceptors (Lipinski definition) is 4. The summed E-state index contributed by atoms with van der Waals surface area (Å²) in [6.45, 7) is 2.13. The maximum Gasteiger partial charge on any atom is 0.231 e. The predicted molar refractivity (Wildman–Crippen MR) is 65.8 cm³/mol. The minimum absolute atomic E-state index is 0.0925. The number of nitro groups is 1. The highest BCUT2D eigenvalue weighted by Crippen LogP contribution is 2.50. The topological polar surface area (TPSA) is 69.4 Å². The van der Waals surface area contributed by atoms with Crippen molar-refractivity contribution >= 4 is 5.78 Å². The lowest BCUT2D eigenvalue weighted by atomic mass is 9.57. The number of methoxy groups -OCH3 is 1. The number of ketones is 1. The van der Waals surface area contributed by atoms with Gasteiger partial charge in [0, 0.05) is 36.7 Å². The molecule has 0 spiro atoms. The van der Waals surface area contributed by atoms with Crippen LogP contribution in [0.4, 0.5) is 0 Å². The quantitative estimate of drug-likeness (QED) is 0.571. The fourth-order valence-corrected chi connectivity index (χ4v) is 3.95. The van der Waals surface area contributed by atoms with Crippen LogP contribution in [-0.2, 0) is 9.53 Å². The summed E-state index contributed by atoms with van der Waals surface area (Å²) in [7, 11) is 1.55. The monoisotopic (exact) mass is 255 g/mol. The first-order valence-electron chi connectivity index (χ1n) is 6.70. The van der Waals surface area contributed by atoms with E-state index >= 15 is 0 Å². The molecule has 0 bridgehead atoms. The second-order valence-corrected chi connectivity index (χ2v) is 5.71. The van der Waals surface area contributed by atoms with Crippen LogP contribution in [0.25, 0.3) is 0 Å². The molecule has 0 radical (unpaired) electrons. The average Bonchev–Trinajstić information content (AvgIpc) is 2.34. The molecule has 2 aliphatic rings. The number of carbonyl (C=O) groups is 1. The van der Waals surface area contributed by atoms with Crippen LogP contribution in [0.2, 0.25) is 0 Å². The summed E-state index contributed by atoms with van der Waals surface area (Å²) in [5.41, 5.74) is -0.929. The molecule has 18 heavy (non-hydrogen) atoms. The molecule has 4 atom stereocenters. The third-order valence-corrected chi connectivity index (χ3v) is 4.97. The van der Waals surface area contributed by atoms with Crippen LogP contribution in [0.15, 0.2) is 0 Å². The van der Waals surface area contributed by atoms with Crippen molar-refractivity contribution in [3.63, 3.8) is 0 Å². The molecule has 5 nitrogen and oxygen atoms in total. The summed E-state index contributed by atoms with van der Waals surface area (Å²) >= 11 is 0. The molecular weight excluding hydrogens is 234 g/mol. The molecule has 0 aromatic heterocycles. The SMILES string of the molecule is COC[C@H]1[C@@H](C)C(=O)C[C@@H]2CCCC[C@@]21[N+](=O)[O-]. The van der Waals surface area contributed by atoms with E-state index in [9.17, 15) is 14.9 Å². The Kier molecular flexibility index (Phi) is 3.71. The fraction of sp³-hybridized carbons (Fsp3) is 0.923. The van der Waals surface area contributed by atoms with Crippen LogP contribution in [0.3, 0.4) is 0 Å². The normalized spacial score (nSPS) is 40.3. The van der Waals surface area contributed by atoms with E-state index in [1.807, 2.05) is 6.92 Å². The predicted octanol–water partition coefficient (Wildman–Crippen LogP) is 2.06. The van der Waals surface area contributed by atoms with E-state index in [1.54, 1.807) is 7.11 Å². The van der Waals surface area contributed by atoms with Gasteiger partial charge in [-0.1, -0.05) is 13.3 Å². The number of hydrogen-bond donors (Lipinski definition) is 0. The smallest absolute Gasteiger partial charge is 0.231 e. The zero-order valence-electron chi connectivity index (χ0n) is 11.1. The van der Waals surface area contributed by atoms with Gasteiger partial charge in [-0.2, -0.15) is 0 Å². The summed E-state index contributed by atoms with van der Waals surface area (Å²) in [5, 5.41) is 11.7. The van der Waals surface area contributed by atoms with E-state index in [2.05, 4.69) is 0 Å². The van der Waals surface area contributed by atoms with Crippen LogP contribution in [0.5, 0.6) is 0 Å². The number of fused-ring (bicyclic) bond motifs is 1. The van der Waals surface area contributed by atoms with Crippen LogP contribution in [-0.4, -0.2) is 30.0 Å². The van der Waals surface area contributed by atoms with Crippen LogP contribution < -0.4 is 0 Å². The Bertz CT molecular complexity index is 357. The molecule has 2 rings (SSSR count). The van der Waals surface area contributed by atoms with Gasteiger partial charge < -0.3 is 4.74 Å². The number of carbonyl (C=O) groups excluding carboxylic acids is 1. The van der Waals surface area contributed by atoms with E-state index < -0.39 is 5.54 Å². The number of Topliss-reactive ketones (excluding diaryl/α,β-unsaturated/α-hetero) is 1. The van der Waals surface area contributed by atoms with E-state index in [0.717, 1.165) is 19.3 Å². The molecule has 0 amide bonds. The standard InChI is InChI=1S/C13H21NO4/c1-9-11(8-18-2)13(14(16)17)6-4-3-5-10(13)7-12(9)15/h9-11H,3-8H2,1-2H3/t9-,10+,11+,13-/m1/s1. The zero-order valence-corrected chi connectivity index (χ0v) is 11.1. The van der Waals surface area contributed by atoms with Crippen molar-refractivity contribution in [2.75, 3.05) is 13.7 Å². The largest absolute Gasteiger partial charge is 0.384 e. The van der Waals surface area contributed by atoms with Crippen LogP contribution in [0.1, 0.15) is 39.0 Å². The lowest BCUT2D eigenvalue weighted by molar-refractivity contribution is -0.600. The van der Waals surface area contributed by atoms with E-state index in [1.165, 1.54) is 0 Å². The molecule has 2 saturated carbocycles. The second kappa shape index (κ2) is 4.96. The van der Waals surface area contributed by atoms with Gasteiger partial charge in [-0.3, -0.25) is 14.9 Å². The zero-order chi connectivity index (χ0) is 13.3.